The fourth-order valence-electron chi connectivity index (χ4n) is 2.77. The van der Waals surface area contributed by atoms with Crippen LogP contribution in [0.2, 0.25) is 0 Å². The van der Waals surface area contributed by atoms with Gasteiger partial charge in [-0.2, -0.15) is 0 Å². The average Bonchev–Trinajstić information content (AvgIpc) is 2.86. The zero-order chi connectivity index (χ0) is 17.1. The van der Waals surface area contributed by atoms with E-state index in [1.807, 2.05) is 20.0 Å². The van der Waals surface area contributed by atoms with Crippen LogP contribution in [0.25, 0.3) is 0 Å². The van der Waals surface area contributed by atoms with Crippen molar-refractivity contribution in [2.24, 2.45) is 13.0 Å². The van der Waals surface area contributed by atoms with E-state index in [9.17, 15) is 14.4 Å². The van der Waals surface area contributed by atoms with Crippen molar-refractivity contribution < 1.29 is 19.5 Å². The summed E-state index contributed by atoms with van der Waals surface area (Å²) in [6, 6.07) is 3.61. The highest BCUT2D eigenvalue weighted by Crippen LogP contribution is 2.17. The molecule has 2 rings (SSSR count). The summed E-state index contributed by atoms with van der Waals surface area (Å²) in [5.74, 6) is -1.52. The van der Waals surface area contributed by atoms with Gasteiger partial charge in [-0.3, -0.25) is 14.4 Å². The third-order valence-corrected chi connectivity index (χ3v) is 4.51. The number of carboxylic acid groups (broad SMARTS) is 1. The largest absolute Gasteiger partial charge is 0.481 e. The predicted octanol–water partition coefficient (Wildman–Crippen LogP) is 0.729. The van der Waals surface area contributed by atoms with Crippen LogP contribution in [0.15, 0.2) is 12.1 Å². The molecule has 126 valence electrons. The van der Waals surface area contributed by atoms with Gasteiger partial charge in [-0.15, -0.1) is 0 Å². The van der Waals surface area contributed by atoms with E-state index in [0.717, 1.165) is 5.69 Å². The summed E-state index contributed by atoms with van der Waals surface area (Å²) in [5.41, 5.74) is 1.52. The first-order chi connectivity index (χ1) is 10.8. The van der Waals surface area contributed by atoms with Gasteiger partial charge in [0.05, 0.1) is 12.5 Å². The first-order valence-electron chi connectivity index (χ1n) is 7.69. The van der Waals surface area contributed by atoms with Gasteiger partial charge in [0, 0.05) is 32.9 Å². The molecule has 0 saturated carbocycles. The Morgan fingerprint density at radius 1 is 1.26 bits per heavy atom. The molecule has 0 aliphatic carbocycles. The van der Waals surface area contributed by atoms with Crippen molar-refractivity contribution in [1.82, 2.24) is 14.4 Å². The van der Waals surface area contributed by atoms with Crippen LogP contribution in [0.1, 0.15) is 29.0 Å². The van der Waals surface area contributed by atoms with Crippen LogP contribution in [-0.2, 0) is 16.6 Å². The minimum atomic E-state index is -0.802. The van der Waals surface area contributed by atoms with Crippen molar-refractivity contribution in [3.63, 3.8) is 0 Å². The Bertz CT molecular complexity index is 615. The number of hydrogen-bond acceptors (Lipinski definition) is 3. The number of carbonyl (C=O) groups is 3. The minimum Gasteiger partial charge on any atom is -0.481 e. The van der Waals surface area contributed by atoms with Crippen LogP contribution >= 0.6 is 0 Å². The molecule has 0 atom stereocenters. The first-order valence-corrected chi connectivity index (χ1v) is 7.69. The van der Waals surface area contributed by atoms with Crippen molar-refractivity contribution in [2.45, 2.75) is 19.8 Å². The maximum atomic E-state index is 12.4. The first kappa shape index (κ1) is 17.1. The zero-order valence-electron chi connectivity index (χ0n) is 13.8. The SMILES string of the molecule is Cc1ccc(C(=O)N(C)CC(=O)N2CCC(C(=O)O)CC2)n1C. The number of likely N-dealkylation sites (tertiary alicyclic amines) is 1. The second-order valence-electron chi connectivity index (χ2n) is 6.07. The number of aromatic nitrogens is 1. The summed E-state index contributed by atoms with van der Waals surface area (Å²) in [6.07, 6.45) is 0.936. The lowest BCUT2D eigenvalue weighted by atomic mass is 9.97. The number of carboxylic acids is 1. The molecular weight excluding hydrogens is 298 g/mol. The molecule has 1 N–H and O–H groups in total. The van der Waals surface area contributed by atoms with Crippen molar-refractivity contribution in [3.8, 4) is 0 Å². The molecule has 0 unspecified atom stereocenters. The number of rotatable bonds is 4. The highest BCUT2D eigenvalue weighted by molar-refractivity contribution is 5.95. The number of carbonyl (C=O) groups excluding carboxylic acids is 2. The second kappa shape index (κ2) is 6.85. The van der Waals surface area contributed by atoms with Gasteiger partial charge in [-0.25, -0.2) is 0 Å². The van der Waals surface area contributed by atoms with Crippen LogP contribution in [0.3, 0.4) is 0 Å². The Balaban J connectivity index is 1.91. The van der Waals surface area contributed by atoms with Gasteiger partial charge in [-0.1, -0.05) is 0 Å². The molecule has 1 aliphatic heterocycles. The van der Waals surface area contributed by atoms with Crippen LogP contribution in [0, 0.1) is 12.8 Å². The lowest BCUT2D eigenvalue weighted by molar-refractivity contribution is -0.145. The third kappa shape index (κ3) is 3.72. The molecule has 2 heterocycles. The van der Waals surface area contributed by atoms with E-state index in [4.69, 9.17) is 5.11 Å². The van der Waals surface area contributed by atoms with Gasteiger partial charge in [0.2, 0.25) is 5.91 Å². The van der Waals surface area contributed by atoms with E-state index < -0.39 is 5.97 Å². The Hall–Kier alpha value is -2.31. The van der Waals surface area contributed by atoms with Gasteiger partial charge < -0.3 is 19.5 Å². The Labute approximate surface area is 135 Å². The van der Waals surface area contributed by atoms with Crippen LogP contribution in [0.5, 0.6) is 0 Å². The number of amides is 2. The molecule has 0 aromatic carbocycles. The predicted molar refractivity (Wildman–Crippen MR) is 84.1 cm³/mol. The van der Waals surface area contributed by atoms with Crippen LogP contribution in [-0.4, -0.2) is 63.9 Å². The van der Waals surface area contributed by atoms with E-state index in [1.54, 1.807) is 22.6 Å². The zero-order valence-corrected chi connectivity index (χ0v) is 13.8. The van der Waals surface area contributed by atoms with Crippen molar-refractivity contribution >= 4 is 17.8 Å². The standard InChI is InChI=1S/C16H23N3O4/c1-11-4-5-13(18(11)3)15(21)17(2)10-14(20)19-8-6-12(7-9-19)16(22)23/h4-5,12H,6-10H2,1-3H3,(H,22,23). The molecule has 0 bridgehead atoms. The van der Waals surface area contributed by atoms with Gasteiger partial charge in [0.15, 0.2) is 0 Å². The Morgan fingerprint density at radius 3 is 2.35 bits per heavy atom. The van der Waals surface area contributed by atoms with Crippen LogP contribution < -0.4 is 0 Å². The maximum Gasteiger partial charge on any atom is 0.306 e. The molecule has 1 aromatic rings. The van der Waals surface area contributed by atoms with Gasteiger partial charge in [-0.05, 0) is 31.9 Å². The summed E-state index contributed by atoms with van der Waals surface area (Å²) in [4.78, 5) is 38.7. The fraction of sp³-hybridized carbons (Fsp3) is 0.562. The quantitative estimate of drug-likeness (QED) is 0.886. The minimum absolute atomic E-state index is 0.000793. The number of nitrogens with zero attached hydrogens (tertiary/aromatic N) is 3. The smallest absolute Gasteiger partial charge is 0.306 e. The highest BCUT2D eigenvalue weighted by atomic mass is 16.4. The monoisotopic (exact) mass is 321 g/mol. The fourth-order valence-corrected chi connectivity index (χ4v) is 2.77. The van der Waals surface area contributed by atoms with E-state index >= 15 is 0 Å². The Kier molecular flexibility index (Phi) is 5.08. The van der Waals surface area contributed by atoms with E-state index in [0.29, 0.717) is 31.6 Å². The van der Waals surface area contributed by atoms with E-state index in [1.165, 1.54) is 4.90 Å². The molecule has 1 aromatic heterocycles. The van der Waals surface area contributed by atoms with Crippen molar-refractivity contribution in [2.75, 3.05) is 26.7 Å². The van der Waals surface area contributed by atoms with Crippen molar-refractivity contribution in [1.29, 1.82) is 0 Å². The second-order valence-corrected chi connectivity index (χ2v) is 6.07. The number of likely N-dealkylation sites (N-methyl/N-ethyl adjacent to an activating group) is 1. The summed E-state index contributed by atoms with van der Waals surface area (Å²) in [7, 11) is 3.42. The Morgan fingerprint density at radius 2 is 1.87 bits per heavy atom. The molecule has 7 heteroatoms. The van der Waals surface area contributed by atoms with E-state index in [2.05, 4.69) is 0 Å². The van der Waals surface area contributed by atoms with Crippen LogP contribution in [0.4, 0.5) is 0 Å². The molecule has 2 amide bonds. The summed E-state index contributed by atoms with van der Waals surface area (Å²) in [6.45, 7) is 2.78. The molecule has 1 fully saturated rings. The van der Waals surface area contributed by atoms with E-state index in [-0.39, 0.29) is 24.3 Å². The summed E-state index contributed by atoms with van der Waals surface area (Å²) < 4.78 is 1.79. The molecule has 1 aliphatic rings. The normalized spacial score (nSPS) is 15.5. The van der Waals surface area contributed by atoms with Gasteiger partial charge >= 0.3 is 5.97 Å². The maximum absolute atomic E-state index is 12.4. The molecule has 7 nitrogen and oxygen atoms in total. The van der Waals surface area contributed by atoms with Crippen molar-refractivity contribution in [3.05, 3.63) is 23.5 Å². The average molecular weight is 321 g/mol. The lowest BCUT2D eigenvalue weighted by Gasteiger charge is -2.31. The third-order valence-electron chi connectivity index (χ3n) is 4.51. The number of piperidine rings is 1. The molecule has 1 saturated heterocycles. The summed E-state index contributed by atoms with van der Waals surface area (Å²) in [5, 5.41) is 8.98. The highest BCUT2D eigenvalue weighted by Gasteiger charge is 2.28. The number of aliphatic carboxylic acids is 1. The lowest BCUT2D eigenvalue weighted by Crippen LogP contribution is -2.45. The molecule has 0 spiro atoms. The van der Waals surface area contributed by atoms with Gasteiger partial charge in [0.1, 0.15) is 5.69 Å². The topological polar surface area (TPSA) is 82.8 Å². The van der Waals surface area contributed by atoms with Gasteiger partial charge in [0.25, 0.3) is 5.91 Å². The number of aryl methyl sites for hydroxylation is 1. The summed E-state index contributed by atoms with van der Waals surface area (Å²) >= 11 is 0. The molecule has 0 radical (unpaired) electrons. The molecular formula is C16H23N3O4. The number of hydrogen-bond donors (Lipinski definition) is 1. The molecule has 23 heavy (non-hydrogen) atoms.